The van der Waals surface area contributed by atoms with E-state index < -0.39 is 35.4 Å². The van der Waals surface area contributed by atoms with Gasteiger partial charge in [-0.3, -0.25) is 0 Å². The number of nitrogens with zero attached hydrogens (tertiary/aromatic N) is 2. The zero-order chi connectivity index (χ0) is 13.1. The van der Waals surface area contributed by atoms with Gasteiger partial charge in [0.1, 0.15) is 5.54 Å². The van der Waals surface area contributed by atoms with Crippen LogP contribution in [0.2, 0.25) is 0 Å². The number of aliphatic hydroxyl groups excluding tert-OH is 3. The summed E-state index contributed by atoms with van der Waals surface area (Å²) in [7, 11) is -2.39. The van der Waals surface area contributed by atoms with Crippen LogP contribution in [-0.4, -0.2) is 58.6 Å². The SMILES string of the molecule is Cn1cnc(S(=O)(=O)NC(CO)(CO)CO)c1. The first-order valence-corrected chi connectivity index (χ1v) is 6.22. The molecule has 0 spiro atoms. The Morgan fingerprint density at radius 1 is 1.35 bits per heavy atom. The molecule has 0 aromatic carbocycles. The van der Waals surface area contributed by atoms with Crippen molar-refractivity contribution in [3.05, 3.63) is 12.5 Å². The molecule has 0 aliphatic rings. The molecule has 1 rings (SSSR count). The Hall–Kier alpha value is -1.00. The molecule has 0 saturated heterocycles. The lowest BCUT2D eigenvalue weighted by atomic mass is 10.1. The largest absolute Gasteiger partial charge is 0.394 e. The third kappa shape index (κ3) is 3.01. The Balaban J connectivity index is 3.00. The molecule has 17 heavy (non-hydrogen) atoms. The molecular weight excluding hydrogens is 250 g/mol. The highest BCUT2D eigenvalue weighted by atomic mass is 32.2. The predicted molar refractivity (Wildman–Crippen MR) is 57.5 cm³/mol. The molecule has 98 valence electrons. The smallest absolute Gasteiger partial charge is 0.260 e. The van der Waals surface area contributed by atoms with Gasteiger partial charge < -0.3 is 19.9 Å². The number of rotatable bonds is 6. The lowest BCUT2D eigenvalue weighted by Crippen LogP contribution is -2.56. The van der Waals surface area contributed by atoms with Crippen LogP contribution in [-0.2, 0) is 17.1 Å². The van der Waals surface area contributed by atoms with Crippen molar-refractivity contribution in [2.75, 3.05) is 19.8 Å². The number of sulfonamides is 1. The monoisotopic (exact) mass is 265 g/mol. The zero-order valence-corrected chi connectivity index (χ0v) is 10.1. The first-order valence-electron chi connectivity index (χ1n) is 4.74. The molecule has 0 saturated carbocycles. The van der Waals surface area contributed by atoms with E-state index in [1.165, 1.54) is 17.1 Å². The number of aliphatic hydroxyl groups is 3. The maximum absolute atomic E-state index is 11.8. The summed E-state index contributed by atoms with van der Waals surface area (Å²) in [6.07, 6.45) is 2.56. The van der Waals surface area contributed by atoms with Crippen LogP contribution >= 0.6 is 0 Å². The minimum atomic E-state index is -4.00. The maximum Gasteiger partial charge on any atom is 0.260 e. The van der Waals surface area contributed by atoms with Crippen molar-refractivity contribution < 1.29 is 23.7 Å². The second-order valence-corrected chi connectivity index (χ2v) is 5.37. The van der Waals surface area contributed by atoms with Crippen LogP contribution in [0.3, 0.4) is 0 Å². The van der Waals surface area contributed by atoms with Crippen LogP contribution in [0.4, 0.5) is 0 Å². The summed E-state index contributed by atoms with van der Waals surface area (Å²) < 4.78 is 27.1. The molecule has 4 N–H and O–H groups in total. The Morgan fingerprint density at radius 2 is 1.88 bits per heavy atom. The first kappa shape index (κ1) is 14.1. The van der Waals surface area contributed by atoms with Crippen LogP contribution in [0.1, 0.15) is 0 Å². The van der Waals surface area contributed by atoms with Crippen LogP contribution in [0.5, 0.6) is 0 Å². The highest BCUT2D eigenvalue weighted by Crippen LogP contribution is 2.10. The Morgan fingerprint density at radius 3 is 2.24 bits per heavy atom. The standard InChI is InChI=1S/C8H15N3O5S/c1-11-2-7(9-6-11)17(15,16)10-8(3-12,4-13)5-14/h2,6,10,12-14H,3-5H2,1H3. The summed E-state index contributed by atoms with van der Waals surface area (Å²) in [5.74, 6) is 0. The minimum Gasteiger partial charge on any atom is -0.394 e. The van der Waals surface area contributed by atoms with Crippen molar-refractivity contribution in [1.82, 2.24) is 14.3 Å². The molecule has 0 aliphatic heterocycles. The first-order chi connectivity index (χ1) is 7.89. The highest BCUT2D eigenvalue weighted by molar-refractivity contribution is 7.89. The van der Waals surface area contributed by atoms with Crippen LogP contribution in [0.15, 0.2) is 17.6 Å². The number of hydrogen-bond donors (Lipinski definition) is 4. The molecule has 0 radical (unpaired) electrons. The van der Waals surface area contributed by atoms with Crippen LogP contribution < -0.4 is 4.72 Å². The molecular formula is C8H15N3O5S. The highest BCUT2D eigenvalue weighted by Gasteiger charge is 2.34. The summed E-state index contributed by atoms with van der Waals surface area (Å²) in [6.45, 7) is -2.19. The summed E-state index contributed by atoms with van der Waals surface area (Å²) in [5.41, 5.74) is -1.70. The molecule has 8 nitrogen and oxygen atoms in total. The van der Waals surface area contributed by atoms with Gasteiger partial charge in [0.2, 0.25) is 0 Å². The normalized spacial score (nSPS) is 12.9. The van der Waals surface area contributed by atoms with E-state index in [1.807, 2.05) is 4.72 Å². The van der Waals surface area contributed by atoms with E-state index in [0.717, 1.165) is 0 Å². The molecule has 0 amide bonds. The second-order valence-electron chi connectivity index (χ2n) is 3.74. The molecule has 1 aromatic rings. The van der Waals surface area contributed by atoms with Crippen LogP contribution in [0.25, 0.3) is 0 Å². The zero-order valence-electron chi connectivity index (χ0n) is 9.24. The van der Waals surface area contributed by atoms with Gasteiger partial charge in [0.05, 0.1) is 26.1 Å². The van der Waals surface area contributed by atoms with E-state index in [2.05, 4.69) is 4.98 Å². The van der Waals surface area contributed by atoms with Gasteiger partial charge >= 0.3 is 0 Å². The van der Waals surface area contributed by atoms with Crippen molar-refractivity contribution in [1.29, 1.82) is 0 Å². The predicted octanol–water partition coefficient (Wildman–Crippen LogP) is -2.59. The van der Waals surface area contributed by atoms with E-state index >= 15 is 0 Å². The molecule has 0 atom stereocenters. The Bertz CT molecular complexity index is 457. The average molecular weight is 265 g/mol. The topological polar surface area (TPSA) is 125 Å². The lowest BCUT2D eigenvalue weighted by Gasteiger charge is -2.27. The van der Waals surface area contributed by atoms with Crippen molar-refractivity contribution in [2.24, 2.45) is 7.05 Å². The second kappa shape index (κ2) is 5.10. The van der Waals surface area contributed by atoms with Crippen LogP contribution in [0, 0.1) is 0 Å². The molecule has 0 unspecified atom stereocenters. The summed E-state index contributed by atoms with van der Waals surface area (Å²) in [6, 6.07) is 0. The van der Waals surface area contributed by atoms with Gasteiger partial charge in [0.25, 0.3) is 10.0 Å². The van der Waals surface area contributed by atoms with E-state index in [4.69, 9.17) is 15.3 Å². The number of nitrogens with one attached hydrogen (secondary N) is 1. The number of aryl methyl sites for hydroxylation is 1. The molecule has 1 heterocycles. The third-order valence-corrected chi connectivity index (χ3v) is 3.68. The minimum absolute atomic E-state index is 0.250. The third-order valence-electron chi connectivity index (χ3n) is 2.22. The van der Waals surface area contributed by atoms with Gasteiger partial charge in [-0.05, 0) is 0 Å². The summed E-state index contributed by atoms with van der Waals surface area (Å²) >= 11 is 0. The fourth-order valence-corrected chi connectivity index (χ4v) is 2.47. The number of imidazole rings is 1. The van der Waals surface area contributed by atoms with Gasteiger partial charge in [-0.2, -0.15) is 4.72 Å². The van der Waals surface area contributed by atoms with Crippen molar-refractivity contribution in [3.8, 4) is 0 Å². The van der Waals surface area contributed by atoms with Crippen molar-refractivity contribution in [2.45, 2.75) is 10.6 Å². The van der Waals surface area contributed by atoms with E-state index in [0.29, 0.717) is 0 Å². The average Bonchev–Trinajstić information content (AvgIpc) is 2.74. The molecule has 0 fully saturated rings. The van der Waals surface area contributed by atoms with Gasteiger partial charge in [-0.25, -0.2) is 13.4 Å². The Kier molecular flexibility index (Phi) is 4.22. The van der Waals surface area contributed by atoms with Gasteiger partial charge in [-0.1, -0.05) is 0 Å². The van der Waals surface area contributed by atoms with Gasteiger partial charge in [0.15, 0.2) is 5.03 Å². The summed E-state index contributed by atoms with van der Waals surface area (Å²) in [5, 5.41) is 26.8. The Labute approximate surface area is 98.6 Å². The quantitative estimate of drug-likeness (QED) is 0.447. The molecule has 1 aromatic heterocycles. The van der Waals surface area contributed by atoms with E-state index in [1.54, 1.807) is 7.05 Å². The van der Waals surface area contributed by atoms with Crippen molar-refractivity contribution in [3.63, 3.8) is 0 Å². The molecule has 0 aliphatic carbocycles. The lowest BCUT2D eigenvalue weighted by molar-refractivity contribution is 0.0581. The molecule has 9 heteroatoms. The maximum atomic E-state index is 11.8. The van der Waals surface area contributed by atoms with Gasteiger partial charge in [-0.15, -0.1) is 0 Å². The summed E-state index contributed by atoms with van der Waals surface area (Å²) in [4.78, 5) is 3.64. The fraction of sp³-hybridized carbons (Fsp3) is 0.625. The number of hydrogen-bond acceptors (Lipinski definition) is 6. The van der Waals surface area contributed by atoms with E-state index in [9.17, 15) is 8.42 Å². The molecule has 0 bridgehead atoms. The number of aromatic nitrogens is 2. The van der Waals surface area contributed by atoms with E-state index in [-0.39, 0.29) is 5.03 Å². The fourth-order valence-electron chi connectivity index (χ4n) is 1.11. The van der Waals surface area contributed by atoms with Crippen molar-refractivity contribution >= 4 is 10.0 Å². The van der Waals surface area contributed by atoms with Gasteiger partial charge in [0, 0.05) is 13.2 Å².